The zero-order valence-electron chi connectivity index (χ0n) is 10.8. The van der Waals surface area contributed by atoms with Gasteiger partial charge in [-0.15, -0.1) is 11.8 Å². The van der Waals surface area contributed by atoms with Crippen LogP contribution in [0.15, 0.2) is 29.2 Å². The first-order chi connectivity index (χ1) is 8.12. The number of nitrogens with one attached hydrogen (secondary N) is 1. The highest BCUT2D eigenvalue weighted by Gasteiger charge is 2.23. The molecule has 0 saturated carbocycles. The predicted octanol–water partition coefficient (Wildman–Crippen LogP) is 2.89. The van der Waals surface area contributed by atoms with Crippen LogP contribution in [0.2, 0.25) is 0 Å². The van der Waals surface area contributed by atoms with Gasteiger partial charge in [0.15, 0.2) is 0 Å². The van der Waals surface area contributed by atoms with Gasteiger partial charge in [0.2, 0.25) is 0 Å². The lowest BCUT2D eigenvalue weighted by atomic mass is 10.0. The van der Waals surface area contributed by atoms with Crippen molar-refractivity contribution in [2.75, 3.05) is 26.0 Å². The van der Waals surface area contributed by atoms with Crippen molar-refractivity contribution < 1.29 is 4.74 Å². The first-order valence-electron chi connectivity index (χ1n) is 6.10. The zero-order valence-corrected chi connectivity index (χ0v) is 11.6. The molecule has 0 spiro atoms. The van der Waals surface area contributed by atoms with E-state index in [1.54, 1.807) is 7.11 Å². The summed E-state index contributed by atoms with van der Waals surface area (Å²) in [6.07, 6.45) is 0. The highest BCUT2D eigenvalue weighted by Crippen LogP contribution is 2.38. The third kappa shape index (κ3) is 3.24. The van der Waals surface area contributed by atoms with Crippen molar-refractivity contribution >= 4 is 11.8 Å². The maximum Gasteiger partial charge on any atom is 0.0746 e. The normalized spacial score (nSPS) is 19.4. The van der Waals surface area contributed by atoms with E-state index in [4.69, 9.17) is 4.74 Å². The van der Waals surface area contributed by atoms with Crippen molar-refractivity contribution in [3.63, 3.8) is 0 Å². The van der Waals surface area contributed by atoms with Crippen LogP contribution in [0.4, 0.5) is 0 Å². The van der Waals surface area contributed by atoms with Gasteiger partial charge in [-0.3, -0.25) is 0 Å². The van der Waals surface area contributed by atoms with Crippen LogP contribution in [0.25, 0.3) is 0 Å². The number of fused-ring (bicyclic) bond motifs is 1. The molecule has 1 atom stereocenters. The van der Waals surface area contributed by atoms with Crippen molar-refractivity contribution in [3.8, 4) is 0 Å². The lowest BCUT2D eigenvalue weighted by molar-refractivity contribution is 0.0233. The number of ether oxygens (including phenoxy) is 1. The van der Waals surface area contributed by atoms with Crippen LogP contribution < -0.4 is 5.32 Å². The summed E-state index contributed by atoms with van der Waals surface area (Å²) in [6, 6.07) is 8.73. The number of benzene rings is 1. The number of thioether (sulfide) groups is 1. The summed E-state index contributed by atoms with van der Waals surface area (Å²) in [6.45, 7) is 6.15. The molecule has 1 heterocycles. The molecule has 0 aromatic heterocycles. The molecule has 1 aliphatic heterocycles. The molecule has 0 bridgehead atoms. The maximum atomic E-state index is 5.40. The summed E-state index contributed by atoms with van der Waals surface area (Å²) in [5.74, 6) is 1.84. The molecule has 1 aromatic rings. The molecule has 1 unspecified atom stereocenters. The first kappa shape index (κ1) is 12.9. The largest absolute Gasteiger partial charge is 0.377 e. The van der Waals surface area contributed by atoms with E-state index in [9.17, 15) is 0 Å². The predicted molar refractivity (Wildman–Crippen MR) is 73.9 cm³/mol. The molecule has 2 rings (SSSR count). The standard InChI is InChI=1S/C14H21NOS/c1-14(2,16-3)10-15-8-11-9-17-13-7-5-4-6-12(11)13/h4-7,11,15H,8-10H2,1-3H3. The quantitative estimate of drug-likeness (QED) is 0.869. The van der Waals surface area contributed by atoms with Gasteiger partial charge in [-0.05, 0) is 25.5 Å². The number of methoxy groups -OCH3 is 1. The summed E-state index contributed by atoms with van der Waals surface area (Å²) in [4.78, 5) is 1.45. The first-order valence-corrected chi connectivity index (χ1v) is 7.08. The van der Waals surface area contributed by atoms with Crippen molar-refractivity contribution in [1.29, 1.82) is 0 Å². The molecule has 0 saturated heterocycles. The lowest BCUT2D eigenvalue weighted by Gasteiger charge is -2.24. The Morgan fingerprint density at radius 1 is 1.41 bits per heavy atom. The molecule has 2 nitrogen and oxygen atoms in total. The summed E-state index contributed by atoms with van der Waals surface area (Å²) in [5, 5.41) is 3.52. The van der Waals surface area contributed by atoms with Gasteiger partial charge in [0, 0.05) is 36.8 Å². The van der Waals surface area contributed by atoms with Crippen LogP contribution in [-0.2, 0) is 4.74 Å². The van der Waals surface area contributed by atoms with Crippen LogP contribution in [-0.4, -0.2) is 31.6 Å². The second kappa shape index (κ2) is 5.42. The van der Waals surface area contributed by atoms with Gasteiger partial charge in [-0.25, -0.2) is 0 Å². The van der Waals surface area contributed by atoms with E-state index in [1.165, 1.54) is 16.2 Å². The molecule has 94 valence electrons. The molecule has 1 aromatic carbocycles. The van der Waals surface area contributed by atoms with Crippen LogP contribution in [0.1, 0.15) is 25.3 Å². The SMILES string of the molecule is COC(C)(C)CNCC1CSc2ccccc21. The van der Waals surface area contributed by atoms with Crippen LogP contribution in [0.3, 0.4) is 0 Å². The van der Waals surface area contributed by atoms with Crippen molar-refractivity contribution in [2.45, 2.75) is 30.3 Å². The Labute approximate surface area is 108 Å². The van der Waals surface area contributed by atoms with Gasteiger partial charge in [0.05, 0.1) is 5.60 Å². The Morgan fingerprint density at radius 3 is 2.94 bits per heavy atom. The van der Waals surface area contributed by atoms with Crippen LogP contribution in [0.5, 0.6) is 0 Å². The molecule has 0 amide bonds. The van der Waals surface area contributed by atoms with E-state index in [2.05, 4.69) is 43.4 Å². The summed E-state index contributed by atoms with van der Waals surface area (Å²) in [5.41, 5.74) is 1.42. The average molecular weight is 251 g/mol. The maximum absolute atomic E-state index is 5.40. The molecule has 0 radical (unpaired) electrons. The number of rotatable bonds is 5. The van der Waals surface area contributed by atoms with Crippen LogP contribution in [0, 0.1) is 0 Å². The topological polar surface area (TPSA) is 21.3 Å². The third-order valence-electron chi connectivity index (χ3n) is 3.29. The Morgan fingerprint density at radius 2 is 2.18 bits per heavy atom. The highest BCUT2D eigenvalue weighted by molar-refractivity contribution is 7.99. The van der Waals surface area contributed by atoms with Gasteiger partial charge in [0.25, 0.3) is 0 Å². The number of hydrogen-bond acceptors (Lipinski definition) is 3. The van der Waals surface area contributed by atoms with Crippen LogP contribution >= 0.6 is 11.8 Å². The second-order valence-electron chi connectivity index (χ2n) is 5.14. The van der Waals surface area contributed by atoms with Gasteiger partial charge >= 0.3 is 0 Å². The minimum absolute atomic E-state index is 0.0781. The monoisotopic (exact) mass is 251 g/mol. The molecule has 0 aliphatic carbocycles. The second-order valence-corrected chi connectivity index (χ2v) is 6.20. The number of hydrogen-bond donors (Lipinski definition) is 1. The van der Waals surface area contributed by atoms with E-state index in [1.807, 2.05) is 11.8 Å². The van der Waals surface area contributed by atoms with Crippen molar-refractivity contribution in [3.05, 3.63) is 29.8 Å². The Bertz CT molecular complexity index is 378. The van der Waals surface area contributed by atoms with Gasteiger partial charge in [-0.2, -0.15) is 0 Å². The lowest BCUT2D eigenvalue weighted by Crippen LogP contribution is -2.38. The van der Waals surface area contributed by atoms with Gasteiger partial charge in [0.1, 0.15) is 0 Å². The summed E-state index contributed by atoms with van der Waals surface area (Å²) >= 11 is 1.97. The minimum atomic E-state index is -0.0781. The van der Waals surface area contributed by atoms with Gasteiger partial charge < -0.3 is 10.1 Å². The molecular weight excluding hydrogens is 230 g/mol. The van der Waals surface area contributed by atoms with E-state index in [0.29, 0.717) is 5.92 Å². The average Bonchev–Trinajstić information content (AvgIpc) is 2.73. The highest BCUT2D eigenvalue weighted by atomic mass is 32.2. The van der Waals surface area contributed by atoms with E-state index in [0.717, 1.165) is 13.1 Å². The molecule has 17 heavy (non-hydrogen) atoms. The Hall–Kier alpha value is -0.510. The van der Waals surface area contributed by atoms with E-state index >= 15 is 0 Å². The smallest absolute Gasteiger partial charge is 0.0746 e. The molecule has 1 N–H and O–H groups in total. The summed E-state index contributed by atoms with van der Waals surface area (Å²) < 4.78 is 5.40. The Balaban J connectivity index is 1.86. The molecule has 1 aliphatic rings. The molecule has 3 heteroatoms. The zero-order chi connectivity index (χ0) is 12.3. The van der Waals surface area contributed by atoms with Crippen molar-refractivity contribution in [1.82, 2.24) is 5.32 Å². The fourth-order valence-corrected chi connectivity index (χ4v) is 3.27. The Kier molecular flexibility index (Phi) is 4.13. The van der Waals surface area contributed by atoms with E-state index < -0.39 is 0 Å². The molecule has 0 fully saturated rings. The third-order valence-corrected chi connectivity index (χ3v) is 4.54. The van der Waals surface area contributed by atoms with Crippen molar-refractivity contribution in [2.24, 2.45) is 0 Å². The molecular formula is C14H21NOS. The van der Waals surface area contributed by atoms with Gasteiger partial charge in [-0.1, -0.05) is 18.2 Å². The fourth-order valence-electron chi connectivity index (χ4n) is 2.02. The van der Waals surface area contributed by atoms with E-state index in [-0.39, 0.29) is 5.60 Å². The fraction of sp³-hybridized carbons (Fsp3) is 0.571. The summed E-state index contributed by atoms with van der Waals surface area (Å²) in [7, 11) is 1.77. The minimum Gasteiger partial charge on any atom is -0.377 e.